The number of phosphoric acid groups is 2. The Kier molecular flexibility index (Phi) is 15.2. The van der Waals surface area contributed by atoms with Crippen LogP contribution < -0.4 is 9.79 Å². The molecule has 0 aliphatic carbocycles. The molecule has 0 spiro atoms. The Morgan fingerprint density at radius 1 is 0.720 bits per heavy atom. The van der Waals surface area contributed by atoms with E-state index in [1.165, 1.54) is 13.8 Å². The molecule has 25 heavy (non-hydrogen) atoms. The van der Waals surface area contributed by atoms with E-state index in [1.807, 2.05) is 0 Å². The summed E-state index contributed by atoms with van der Waals surface area (Å²) in [4.78, 5) is 20.7. The maximum atomic E-state index is 11.4. The average molecular weight is 478 g/mol. The van der Waals surface area contributed by atoms with Gasteiger partial charge < -0.3 is 27.9 Å². The maximum Gasteiger partial charge on any atom is 2.00 e. The van der Waals surface area contributed by atoms with Gasteiger partial charge in [0.05, 0.1) is 13.2 Å². The largest absolute Gasteiger partial charge is 2.00 e. The van der Waals surface area contributed by atoms with E-state index >= 15 is 0 Å². The van der Waals surface area contributed by atoms with E-state index in [0.717, 1.165) is 0 Å². The normalized spacial score (nSPS) is 16.7. The summed E-state index contributed by atoms with van der Waals surface area (Å²) >= 11 is 0. The molecule has 0 saturated heterocycles. The molecule has 0 aliphatic rings. The van der Waals surface area contributed by atoms with Crippen molar-refractivity contribution in [3.05, 3.63) is 0 Å². The number of alkyl halides is 6. The van der Waals surface area contributed by atoms with Crippen molar-refractivity contribution in [2.45, 2.75) is 26.2 Å². The Bertz CT molecular complexity index is 405. The van der Waals surface area contributed by atoms with Crippen molar-refractivity contribution >= 4 is 15.6 Å². The van der Waals surface area contributed by atoms with E-state index in [1.54, 1.807) is 0 Å². The standard InChI is InChI=1S/2C4H8F3O4P.Cu/c2*1-2-10-12(8,9)11-3-4(5,6)7;/h2*2-3H2,1H3,(H,8,9);/q;;+2/p-2. The van der Waals surface area contributed by atoms with Gasteiger partial charge in [-0.25, -0.2) is 0 Å². The average Bonchev–Trinajstić information content (AvgIpc) is 2.34. The SMILES string of the molecule is CCOP(=O)([O-])OCC(F)(F)F.CCOP(=O)([O-])OCC(F)(F)F.[Cu+2]. The zero-order chi connectivity index (χ0) is 19.7. The molecule has 1 radical (unpaired) electrons. The van der Waals surface area contributed by atoms with E-state index < -0.39 is 41.2 Å². The molecule has 0 saturated carbocycles. The van der Waals surface area contributed by atoms with Crippen LogP contribution in [0, 0.1) is 0 Å². The Hall–Kier alpha value is 0.319. The van der Waals surface area contributed by atoms with E-state index in [4.69, 9.17) is 0 Å². The minimum Gasteiger partial charge on any atom is -0.756 e. The molecule has 0 heterocycles. The van der Waals surface area contributed by atoms with Gasteiger partial charge in [0.2, 0.25) is 0 Å². The third-order valence-corrected chi connectivity index (χ3v) is 3.39. The van der Waals surface area contributed by atoms with Crippen molar-refractivity contribution in [2.75, 3.05) is 26.4 Å². The predicted molar refractivity (Wildman–Crippen MR) is 62.5 cm³/mol. The van der Waals surface area contributed by atoms with Gasteiger partial charge in [-0.3, -0.25) is 9.13 Å². The quantitative estimate of drug-likeness (QED) is 0.296. The van der Waals surface area contributed by atoms with Gasteiger partial charge in [0.15, 0.2) is 13.2 Å². The molecule has 0 aromatic heterocycles. The third-order valence-electron chi connectivity index (χ3n) is 1.35. The Balaban J connectivity index is -0.000000372. The second-order valence-electron chi connectivity index (χ2n) is 3.51. The van der Waals surface area contributed by atoms with Crippen molar-refractivity contribution < 1.29 is 80.4 Å². The number of rotatable bonds is 8. The molecule has 0 aromatic rings. The van der Waals surface area contributed by atoms with Crippen LogP contribution >= 0.6 is 15.6 Å². The number of hydrogen-bond donors (Lipinski definition) is 0. The first-order chi connectivity index (χ1) is 10.5. The maximum absolute atomic E-state index is 11.4. The molecule has 2 unspecified atom stereocenters. The number of halogens is 6. The fraction of sp³-hybridized carbons (Fsp3) is 1.00. The predicted octanol–water partition coefficient (Wildman–Crippen LogP) is 2.14. The second-order valence-corrected chi connectivity index (χ2v) is 6.33. The van der Waals surface area contributed by atoms with Gasteiger partial charge in [-0.15, -0.1) is 0 Å². The molecule has 2 atom stereocenters. The molecule has 8 nitrogen and oxygen atoms in total. The van der Waals surface area contributed by atoms with Crippen LogP contribution in [0.15, 0.2) is 0 Å². The number of phosphoric ester groups is 2. The molecule has 17 heteroatoms. The fourth-order valence-electron chi connectivity index (χ4n) is 0.695. The van der Waals surface area contributed by atoms with Gasteiger partial charge in [0.1, 0.15) is 0 Å². The summed E-state index contributed by atoms with van der Waals surface area (Å²) in [5.74, 6) is 0. The molecule has 0 N–H and O–H groups in total. The van der Waals surface area contributed by atoms with E-state index in [0.29, 0.717) is 0 Å². The Morgan fingerprint density at radius 3 is 1.12 bits per heavy atom. The van der Waals surface area contributed by atoms with Gasteiger partial charge in [0, 0.05) is 0 Å². The van der Waals surface area contributed by atoms with Crippen LogP contribution in [0.25, 0.3) is 0 Å². The fourth-order valence-corrected chi connectivity index (χ4v) is 2.09. The molecular weight excluding hydrogens is 464 g/mol. The molecule has 0 aliphatic heterocycles. The van der Waals surface area contributed by atoms with E-state index in [9.17, 15) is 45.3 Å². The van der Waals surface area contributed by atoms with Crippen molar-refractivity contribution in [3.63, 3.8) is 0 Å². The van der Waals surface area contributed by atoms with Gasteiger partial charge in [0.25, 0.3) is 15.6 Å². The summed E-state index contributed by atoms with van der Waals surface area (Å²) in [6.45, 7) is -1.57. The first-order valence-electron chi connectivity index (χ1n) is 5.87. The smallest absolute Gasteiger partial charge is 0.756 e. The summed E-state index contributed by atoms with van der Waals surface area (Å²) in [5.41, 5.74) is 0. The summed E-state index contributed by atoms with van der Waals surface area (Å²) in [6.07, 6.45) is -9.34. The monoisotopic (exact) mass is 477 g/mol. The summed E-state index contributed by atoms with van der Waals surface area (Å²) in [5, 5.41) is 0. The molecule has 0 bridgehead atoms. The van der Waals surface area contributed by atoms with Crippen molar-refractivity contribution in [1.82, 2.24) is 0 Å². The van der Waals surface area contributed by atoms with Gasteiger partial charge in [-0.1, -0.05) is 0 Å². The van der Waals surface area contributed by atoms with Gasteiger partial charge in [-0.2, -0.15) is 26.3 Å². The second kappa shape index (κ2) is 12.7. The van der Waals surface area contributed by atoms with Crippen molar-refractivity contribution in [2.24, 2.45) is 0 Å². The van der Waals surface area contributed by atoms with Crippen LogP contribution in [0.1, 0.15) is 13.8 Å². The molecular formula is C8H14CuF6O8P2. The summed E-state index contributed by atoms with van der Waals surface area (Å²) < 4.78 is 104. The van der Waals surface area contributed by atoms with Crippen molar-refractivity contribution in [3.8, 4) is 0 Å². The van der Waals surface area contributed by atoms with Crippen LogP contribution in [0.4, 0.5) is 26.3 Å². The molecule has 0 rings (SSSR count). The van der Waals surface area contributed by atoms with Crippen LogP contribution in [-0.2, 0) is 44.3 Å². The molecule has 0 amide bonds. The molecule has 0 aromatic carbocycles. The van der Waals surface area contributed by atoms with Crippen LogP contribution in [0.5, 0.6) is 0 Å². The third kappa shape index (κ3) is 24.3. The Labute approximate surface area is 149 Å². The van der Waals surface area contributed by atoms with E-state index in [-0.39, 0.29) is 30.3 Å². The molecule has 0 fully saturated rings. The Morgan fingerprint density at radius 2 is 0.960 bits per heavy atom. The first kappa shape index (κ1) is 30.1. The van der Waals surface area contributed by atoms with Crippen LogP contribution in [-0.4, -0.2) is 38.8 Å². The summed E-state index contributed by atoms with van der Waals surface area (Å²) in [6, 6.07) is 0. The molecule has 157 valence electrons. The van der Waals surface area contributed by atoms with E-state index in [2.05, 4.69) is 18.1 Å². The minimum absolute atomic E-state index is 0. The van der Waals surface area contributed by atoms with Crippen LogP contribution in [0.2, 0.25) is 0 Å². The van der Waals surface area contributed by atoms with Crippen LogP contribution in [0.3, 0.4) is 0 Å². The number of hydrogen-bond acceptors (Lipinski definition) is 8. The zero-order valence-corrected chi connectivity index (χ0v) is 15.3. The first-order valence-corrected chi connectivity index (χ1v) is 8.79. The van der Waals surface area contributed by atoms with Gasteiger partial charge >= 0.3 is 29.4 Å². The topological polar surface area (TPSA) is 117 Å². The minimum atomic E-state index is -4.76. The summed E-state index contributed by atoms with van der Waals surface area (Å²) in [7, 11) is -9.52. The zero-order valence-electron chi connectivity index (χ0n) is 12.6. The van der Waals surface area contributed by atoms with Crippen molar-refractivity contribution in [1.29, 1.82) is 0 Å². The van der Waals surface area contributed by atoms with Gasteiger partial charge in [-0.05, 0) is 13.8 Å².